The van der Waals surface area contributed by atoms with Crippen LogP contribution in [0.5, 0.6) is 0 Å². The Morgan fingerprint density at radius 1 is 1.30 bits per heavy atom. The van der Waals surface area contributed by atoms with Crippen LogP contribution in [0.1, 0.15) is 25.3 Å². The van der Waals surface area contributed by atoms with Crippen LogP contribution < -0.4 is 5.32 Å². The lowest BCUT2D eigenvalue weighted by atomic mass is 9.98. The van der Waals surface area contributed by atoms with E-state index < -0.39 is 0 Å². The number of rotatable bonds is 3. The minimum absolute atomic E-state index is 0.427. The van der Waals surface area contributed by atoms with Gasteiger partial charge >= 0.3 is 0 Å². The van der Waals surface area contributed by atoms with Gasteiger partial charge in [-0.1, -0.05) is 30.3 Å². The normalized spacial score (nSPS) is 32.1. The molecule has 0 bridgehead atoms. The van der Waals surface area contributed by atoms with Crippen molar-refractivity contribution in [3.05, 3.63) is 35.9 Å². The number of benzene rings is 1. The van der Waals surface area contributed by atoms with Gasteiger partial charge in [-0.25, -0.2) is 0 Å². The van der Waals surface area contributed by atoms with E-state index in [4.69, 9.17) is 4.74 Å². The Hall–Kier alpha value is -0.900. The summed E-state index contributed by atoms with van der Waals surface area (Å²) < 4.78 is 5.68. The van der Waals surface area contributed by atoms with Crippen molar-refractivity contribution < 1.29 is 4.74 Å². The van der Waals surface area contributed by atoms with Crippen molar-refractivity contribution in [1.29, 1.82) is 0 Å². The number of hydrogen-bond acceptors (Lipinski definition) is 3. The zero-order chi connectivity index (χ0) is 13.8. The summed E-state index contributed by atoms with van der Waals surface area (Å²) in [6.07, 6.45) is 3.95. The van der Waals surface area contributed by atoms with E-state index in [1.165, 1.54) is 31.5 Å². The maximum atomic E-state index is 5.68. The summed E-state index contributed by atoms with van der Waals surface area (Å²) in [6, 6.07) is 12.1. The highest BCUT2D eigenvalue weighted by molar-refractivity contribution is 5.16. The Balaban J connectivity index is 1.56. The lowest BCUT2D eigenvalue weighted by Crippen LogP contribution is -2.56. The molecule has 3 rings (SSSR count). The standard InChI is InChI=1S/C17H26N2O/c1-14-11-17(7-10-20-14)19-9-8-18-16(13-19)12-15-5-3-2-4-6-15/h2-6,14,16-18H,7-13H2,1H3. The van der Waals surface area contributed by atoms with E-state index in [9.17, 15) is 0 Å². The first-order chi connectivity index (χ1) is 9.81. The molecule has 0 radical (unpaired) electrons. The molecule has 1 aromatic carbocycles. The quantitative estimate of drug-likeness (QED) is 0.913. The zero-order valence-corrected chi connectivity index (χ0v) is 12.4. The lowest BCUT2D eigenvalue weighted by molar-refractivity contribution is -0.0233. The van der Waals surface area contributed by atoms with E-state index in [1.807, 2.05) is 0 Å². The van der Waals surface area contributed by atoms with Crippen LogP contribution in [0.15, 0.2) is 30.3 Å². The molecule has 110 valence electrons. The van der Waals surface area contributed by atoms with Gasteiger partial charge in [0.1, 0.15) is 0 Å². The van der Waals surface area contributed by atoms with E-state index in [1.54, 1.807) is 0 Å². The molecule has 2 heterocycles. The first-order valence-corrected chi connectivity index (χ1v) is 7.94. The first-order valence-electron chi connectivity index (χ1n) is 7.94. The maximum Gasteiger partial charge on any atom is 0.0561 e. The van der Waals surface area contributed by atoms with Crippen molar-refractivity contribution in [2.75, 3.05) is 26.2 Å². The van der Waals surface area contributed by atoms with Crippen molar-refractivity contribution in [3.63, 3.8) is 0 Å². The minimum atomic E-state index is 0.427. The molecule has 3 atom stereocenters. The molecule has 2 saturated heterocycles. The summed E-state index contributed by atoms with van der Waals surface area (Å²) in [5.41, 5.74) is 1.44. The first kappa shape index (κ1) is 14.1. The van der Waals surface area contributed by atoms with Crippen molar-refractivity contribution >= 4 is 0 Å². The third-order valence-corrected chi connectivity index (χ3v) is 4.59. The predicted octanol–water partition coefficient (Wildman–Crippen LogP) is 2.07. The Morgan fingerprint density at radius 2 is 2.15 bits per heavy atom. The fraction of sp³-hybridized carbons (Fsp3) is 0.647. The Kier molecular flexibility index (Phi) is 4.71. The molecule has 0 spiro atoms. The summed E-state index contributed by atoms with van der Waals surface area (Å²) in [4.78, 5) is 2.68. The number of nitrogens with zero attached hydrogens (tertiary/aromatic N) is 1. The van der Waals surface area contributed by atoms with Crippen LogP contribution >= 0.6 is 0 Å². The topological polar surface area (TPSA) is 24.5 Å². The van der Waals surface area contributed by atoms with E-state index in [2.05, 4.69) is 47.5 Å². The van der Waals surface area contributed by atoms with E-state index >= 15 is 0 Å². The van der Waals surface area contributed by atoms with Gasteiger partial charge in [-0.05, 0) is 31.7 Å². The molecule has 0 aliphatic carbocycles. The summed E-state index contributed by atoms with van der Waals surface area (Å²) in [7, 11) is 0. The lowest BCUT2D eigenvalue weighted by Gasteiger charge is -2.41. The second-order valence-electron chi connectivity index (χ2n) is 6.20. The number of ether oxygens (including phenoxy) is 1. The molecule has 0 aromatic heterocycles. The Labute approximate surface area is 122 Å². The highest BCUT2D eigenvalue weighted by Crippen LogP contribution is 2.21. The van der Waals surface area contributed by atoms with Gasteiger partial charge in [-0.3, -0.25) is 4.90 Å². The molecule has 1 N–H and O–H groups in total. The molecular formula is C17H26N2O. The maximum absolute atomic E-state index is 5.68. The summed E-state index contributed by atoms with van der Waals surface area (Å²) in [6.45, 7) is 6.60. The summed E-state index contributed by atoms with van der Waals surface area (Å²) in [5.74, 6) is 0. The van der Waals surface area contributed by atoms with Gasteiger partial charge in [0.05, 0.1) is 6.10 Å². The fourth-order valence-corrected chi connectivity index (χ4v) is 3.52. The van der Waals surface area contributed by atoms with Crippen molar-refractivity contribution in [2.45, 2.75) is 44.4 Å². The number of piperazine rings is 1. The molecule has 0 saturated carbocycles. The van der Waals surface area contributed by atoms with E-state index in [0.717, 1.165) is 25.6 Å². The van der Waals surface area contributed by atoms with Gasteiger partial charge in [-0.2, -0.15) is 0 Å². The van der Waals surface area contributed by atoms with Gasteiger partial charge in [0, 0.05) is 38.3 Å². The highest BCUT2D eigenvalue weighted by atomic mass is 16.5. The summed E-state index contributed by atoms with van der Waals surface area (Å²) >= 11 is 0. The molecule has 2 fully saturated rings. The highest BCUT2D eigenvalue weighted by Gasteiger charge is 2.29. The van der Waals surface area contributed by atoms with Crippen LogP contribution in [-0.4, -0.2) is 49.3 Å². The van der Waals surface area contributed by atoms with Crippen molar-refractivity contribution in [1.82, 2.24) is 10.2 Å². The van der Waals surface area contributed by atoms with Crippen LogP contribution in [0.3, 0.4) is 0 Å². The molecule has 0 amide bonds. The van der Waals surface area contributed by atoms with Gasteiger partial charge < -0.3 is 10.1 Å². The van der Waals surface area contributed by atoms with Crippen molar-refractivity contribution in [2.24, 2.45) is 0 Å². The van der Waals surface area contributed by atoms with Gasteiger partial charge in [0.2, 0.25) is 0 Å². The van der Waals surface area contributed by atoms with Crippen LogP contribution in [-0.2, 0) is 11.2 Å². The average Bonchev–Trinajstić information content (AvgIpc) is 2.49. The third-order valence-electron chi connectivity index (χ3n) is 4.59. The second kappa shape index (κ2) is 6.70. The molecule has 3 nitrogen and oxygen atoms in total. The van der Waals surface area contributed by atoms with Crippen molar-refractivity contribution in [3.8, 4) is 0 Å². The molecule has 2 aliphatic heterocycles. The SMILES string of the molecule is CC1CC(N2CCNC(Cc3ccccc3)C2)CCO1. The second-order valence-corrected chi connectivity index (χ2v) is 6.20. The molecule has 2 aliphatic rings. The molecule has 3 unspecified atom stereocenters. The molecule has 20 heavy (non-hydrogen) atoms. The van der Waals surface area contributed by atoms with Crippen LogP contribution in [0, 0.1) is 0 Å². The van der Waals surface area contributed by atoms with Crippen LogP contribution in [0.25, 0.3) is 0 Å². The number of nitrogens with one attached hydrogen (secondary N) is 1. The Bertz CT molecular complexity index is 409. The molecular weight excluding hydrogens is 248 g/mol. The fourth-order valence-electron chi connectivity index (χ4n) is 3.52. The zero-order valence-electron chi connectivity index (χ0n) is 12.4. The van der Waals surface area contributed by atoms with E-state index in [-0.39, 0.29) is 0 Å². The predicted molar refractivity (Wildman–Crippen MR) is 81.9 cm³/mol. The largest absolute Gasteiger partial charge is 0.378 e. The smallest absolute Gasteiger partial charge is 0.0561 e. The molecule has 1 aromatic rings. The number of hydrogen-bond donors (Lipinski definition) is 1. The van der Waals surface area contributed by atoms with Gasteiger partial charge in [0.25, 0.3) is 0 Å². The minimum Gasteiger partial charge on any atom is -0.378 e. The Morgan fingerprint density at radius 3 is 2.95 bits per heavy atom. The average molecular weight is 274 g/mol. The van der Waals surface area contributed by atoms with Gasteiger partial charge in [-0.15, -0.1) is 0 Å². The van der Waals surface area contributed by atoms with Gasteiger partial charge in [0.15, 0.2) is 0 Å². The van der Waals surface area contributed by atoms with Crippen LogP contribution in [0.2, 0.25) is 0 Å². The molecule has 3 heteroatoms. The van der Waals surface area contributed by atoms with E-state index in [0.29, 0.717) is 12.1 Å². The summed E-state index contributed by atoms with van der Waals surface area (Å²) in [5, 5.41) is 3.67. The third kappa shape index (κ3) is 3.60. The monoisotopic (exact) mass is 274 g/mol. The van der Waals surface area contributed by atoms with Crippen LogP contribution in [0.4, 0.5) is 0 Å².